The van der Waals surface area contributed by atoms with Gasteiger partial charge in [0.25, 0.3) is 0 Å². The summed E-state index contributed by atoms with van der Waals surface area (Å²) >= 11 is 1.68. The molecule has 0 unspecified atom stereocenters. The van der Waals surface area contributed by atoms with E-state index in [1.807, 2.05) is 18.2 Å². The number of nitrogens with zero attached hydrogens (tertiary/aromatic N) is 2. The van der Waals surface area contributed by atoms with Gasteiger partial charge in [-0.2, -0.15) is 0 Å². The van der Waals surface area contributed by atoms with Crippen molar-refractivity contribution in [2.75, 3.05) is 7.11 Å². The summed E-state index contributed by atoms with van der Waals surface area (Å²) in [6.45, 7) is 5.63. The molecular weight excluding hydrogens is 258 g/mol. The third-order valence-electron chi connectivity index (χ3n) is 2.61. The van der Waals surface area contributed by atoms with Crippen LogP contribution in [-0.2, 0) is 17.9 Å². The third-order valence-corrected chi connectivity index (χ3v) is 3.73. The monoisotopic (exact) mass is 277 g/mol. The van der Waals surface area contributed by atoms with Crippen LogP contribution in [-0.4, -0.2) is 23.1 Å². The van der Waals surface area contributed by atoms with Gasteiger partial charge < -0.3 is 10.1 Å². The molecule has 2 heterocycles. The molecule has 0 amide bonds. The Labute approximate surface area is 117 Å². The topological polar surface area (TPSA) is 47.0 Å². The van der Waals surface area contributed by atoms with Crippen LogP contribution in [0.2, 0.25) is 0 Å². The molecular formula is C14H19N3OS. The van der Waals surface area contributed by atoms with E-state index in [1.165, 1.54) is 4.88 Å². The molecule has 5 heteroatoms. The molecule has 0 aromatic carbocycles. The van der Waals surface area contributed by atoms with E-state index < -0.39 is 0 Å². The van der Waals surface area contributed by atoms with Crippen molar-refractivity contribution < 1.29 is 4.74 Å². The van der Waals surface area contributed by atoms with Crippen molar-refractivity contribution >= 4 is 11.3 Å². The molecule has 0 spiro atoms. The summed E-state index contributed by atoms with van der Waals surface area (Å²) in [5.74, 6) is 0. The number of pyridine rings is 1. The first-order valence-electron chi connectivity index (χ1n) is 6.33. The molecule has 2 rings (SSSR count). The number of methoxy groups -OCH3 is 1. The Hall–Kier alpha value is -1.30. The summed E-state index contributed by atoms with van der Waals surface area (Å²) in [6, 6.07) is 6.32. The summed E-state index contributed by atoms with van der Waals surface area (Å²) < 4.78 is 5.22. The van der Waals surface area contributed by atoms with Crippen molar-refractivity contribution in [2.24, 2.45) is 0 Å². The van der Waals surface area contributed by atoms with Crippen LogP contribution in [0.1, 0.15) is 24.4 Å². The van der Waals surface area contributed by atoms with E-state index >= 15 is 0 Å². The lowest BCUT2D eigenvalue weighted by Crippen LogP contribution is -2.21. The molecule has 0 bridgehead atoms. The van der Waals surface area contributed by atoms with Crippen LogP contribution < -0.4 is 5.32 Å². The average molecular weight is 277 g/mol. The number of thiazole rings is 1. The molecule has 1 N–H and O–H groups in total. The minimum absolute atomic E-state index is 0.454. The zero-order valence-electron chi connectivity index (χ0n) is 11.5. The fraction of sp³-hybridized carbons (Fsp3) is 0.429. The second-order valence-corrected chi connectivity index (χ2v) is 5.66. The summed E-state index contributed by atoms with van der Waals surface area (Å²) in [6.07, 6.45) is 1.79. The number of nitrogens with one attached hydrogen (secondary N) is 1. The first kappa shape index (κ1) is 14.1. The molecule has 0 radical (unpaired) electrons. The Kier molecular flexibility index (Phi) is 5.01. The lowest BCUT2D eigenvalue weighted by atomic mass is 10.3. The Morgan fingerprint density at radius 3 is 2.84 bits per heavy atom. The SMILES string of the molecule is COCc1nc(-c2ccccn2)sc1CNC(C)C. The van der Waals surface area contributed by atoms with Crippen LogP contribution >= 0.6 is 11.3 Å². The van der Waals surface area contributed by atoms with E-state index in [0.717, 1.165) is 22.9 Å². The lowest BCUT2D eigenvalue weighted by molar-refractivity contribution is 0.181. The maximum Gasteiger partial charge on any atom is 0.142 e. The number of rotatable bonds is 6. The Morgan fingerprint density at radius 1 is 1.37 bits per heavy atom. The van der Waals surface area contributed by atoms with Crippen LogP contribution in [0.25, 0.3) is 10.7 Å². The molecule has 0 fully saturated rings. The fourth-order valence-electron chi connectivity index (χ4n) is 1.67. The van der Waals surface area contributed by atoms with E-state index in [2.05, 4.69) is 29.1 Å². The number of ether oxygens (including phenoxy) is 1. The van der Waals surface area contributed by atoms with Gasteiger partial charge in [-0.25, -0.2) is 4.98 Å². The van der Waals surface area contributed by atoms with E-state index in [1.54, 1.807) is 24.6 Å². The fourth-order valence-corrected chi connectivity index (χ4v) is 2.66. The molecule has 19 heavy (non-hydrogen) atoms. The highest BCUT2D eigenvalue weighted by Crippen LogP contribution is 2.27. The highest BCUT2D eigenvalue weighted by molar-refractivity contribution is 7.15. The number of hydrogen-bond donors (Lipinski definition) is 1. The largest absolute Gasteiger partial charge is 0.378 e. The van der Waals surface area contributed by atoms with Crippen molar-refractivity contribution in [3.8, 4) is 10.7 Å². The second-order valence-electron chi connectivity index (χ2n) is 4.57. The quantitative estimate of drug-likeness (QED) is 0.882. The van der Waals surface area contributed by atoms with Gasteiger partial charge in [-0.15, -0.1) is 11.3 Å². The van der Waals surface area contributed by atoms with Crippen molar-refractivity contribution in [3.05, 3.63) is 35.0 Å². The van der Waals surface area contributed by atoms with Gasteiger partial charge in [0.1, 0.15) is 5.01 Å². The van der Waals surface area contributed by atoms with Gasteiger partial charge in [0.15, 0.2) is 0 Å². The van der Waals surface area contributed by atoms with E-state index in [0.29, 0.717) is 12.6 Å². The van der Waals surface area contributed by atoms with Crippen LogP contribution in [0.3, 0.4) is 0 Å². The molecule has 0 saturated heterocycles. The first-order chi connectivity index (χ1) is 9.20. The predicted molar refractivity (Wildman–Crippen MR) is 78.0 cm³/mol. The molecule has 0 aliphatic rings. The van der Waals surface area contributed by atoms with E-state index in [-0.39, 0.29) is 0 Å². The van der Waals surface area contributed by atoms with Gasteiger partial charge in [-0.1, -0.05) is 19.9 Å². The summed E-state index contributed by atoms with van der Waals surface area (Å²) in [4.78, 5) is 10.2. The smallest absolute Gasteiger partial charge is 0.142 e. The molecule has 4 nitrogen and oxygen atoms in total. The Balaban J connectivity index is 2.24. The van der Waals surface area contributed by atoms with Crippen molar-refractivity contribution in [3.63, 3.8) is 0 Å². The standard InChI is InChI=1S/C14H19N3OS/c1-10(2)16-8-13-12(9-18-3)17-14(19-13)11-6-4-5-7-15-11/h4-7,10,16H,8-9H2,1-3H3. The van der Waals surface area contributed by atoms with Crippen LogP contribution in [0.15, 0.2) is 24.4 Å². The minimum atomic E-state index is 0.454. The molecule has 2 aromatic heterocycles. The van der Waals surface area contributed by atoms with Gasteiger partial charge in [-0.3, -0.25) is 4.98 Å². The van der Waals surface area contributed by atoms with Gasteiger partial charge in [-0.05, 0) is 12.1 Å². The maximum atomic E-state index is 5.22. The summed E-state index contributed by atoms with van der Waals surface area (Å²) in [7, 11) is 1.69. The molecule has 0 aliphatic heterocycles. The van der Waals surface area contributed by atoms with E-state index in [9.17, 15) is 0 Å². The summed E-state index contributed by atoms with van der Waals surface area (Å²) in [5, 5.41) is 4.37. The Morgan fingerprint density at radius 2 is 2.21 bits per heavy atom. The highest BCUT2D eigenvalue weighted by Gasteiger charge is 2.13. The predicted octanol–water partition coefficient (Wildman–Crippen LogP) is 2.85. The normalized spacial score (nSPS) is 11.2. The van der Waals surface area contributed by atoms with Gasteiger partial charge in [0, 0.05) is 30.8 Å². The molecule has 2 aromatic rings. The highest BCUT2D eigenvalue weighted by atomic mass is 32.1. The van der Waals surface area contributed by atoms with Crippen molar-refractivity contribution in [2.45, 2.75) is 33.0 Å². The van der Waals surface area contributed by atoms with Crippen LogP contribution in [0.5, 0.6) is 0 Å². The van der Waals surface area contributed by atoms with Gasteiger partial charge in [0.2, 0.25) is 0 Å². The van der Waals surface area contributed by atoms with Gasteiger partial charge in [0.05, 0.1) is 18.0 Å². The zero-order chi connectivity index (χ0) is 13.7. The lowest BCUT2D eigenvalue weighted by Gasteiger charge is -2.07. The zero-order valence-corrected chi connectivity index (χ0v) is 12.3. The van der Waals surface area contributed by atoms with Crippen molar-refractivity contribution in [1.29, 1.82) is 0 Å². The molecule has 0 aliphatic carbocycles. The molecule has 102 valence electrons. The first-order valence-corrected chi connectivity index (χ1v) is 7.14. The number of hydrogen-bond acceptors (Lipinski definition) is 5. The molecule has 0 atom stereocenters. The maximum absolute atomic E-state index is 5.22. The average Bonchev–Trinajstić information content (AvgIpc) is 2.81. The molecule has 0 saturated carbocycles. The van der Waals surface area contributed by atoms with Gasteiger partial charge >= 0.3 is 0 Å². The second kappa shape index (κ2) is 6.75. The summed E-state index contributed by atoms with van der Waals surface area (Å²) in [5.41, 5.74) is 1.92. The van der Waals surface area contributed by atoms with Crippen LogP contribution in [0.4, 0.5) is 0 Å². The minimum Gasteiger partial charge on any atom is -0.378 e. The van der Waals surface area contributed by atoms with Crippen LogP contribution in [0, 0.1) is 0 Å². The number of aromatic nitrogens is 2. The Bertz CT molecular complexity index is 511. The van der Waals surface area contributed by atoms with E-state index in [4.69, 9.17) is 4.74 Å². The van der Waals surface area contributed by atoms with Crippen molar-refractivity contribution in [1.82, 2.24) is 15.3 Å². The third kappa shape index (κ3) is 3.83.